The number of furan rings is 1. The minimum absolute atomic E-state index is 0.863. The summed E-state index contributed by atoms with van der Waals surface area (Å²) in [5.74, 6) is 0. The molecule has 3 heterocycles. The SMILES string of the molecule is c1ccc(-c2ccc3c(c2)oc2c(-c4ccccc4)ccc(N(c4ccc5sc6ccccc6c5c4)c4ccc5c(c4)c4ccccc4n5-c4ccccc4)c23)cc1. The highest BCUT2D eigenvalue weighted by molar-refractivity contribution is 7.25. The van der Waals surface area contributed by atoms with Crippen molar-refractivity contribution in [3.05, 3.63) is 206 Å². The first kappa shape index (κ1) is 32.8. The van der Waals surface area contributed by atoms with E-state index in [1.807, 2.05) is 11.3 Å². The smallest absolute Gasteiger partial charge is 0.145 e. The zero-order chi connectivity index (χ0) is 38.2. The molecule has 0 spiro atoms. The van der Waals surface area contributed by atoms with Crippen molar-refractivity contribution in [2.75, 3.05) is 4.90 Å². The fraction of sp³-hybridized carbons (Fsp3) is 0. The molecule has 0 aliphatic carbocycles. The van der Waals surface area contributed by atoms with E-state index in [0.29, 0.717) is 0 Å². The van der Waals surface area contributed by atoms with E-state index in [-0.39, 0.29) is 0 Å². The number of hydrogen-bond donors (Lipinski definition) is 0. The Labute approximate surface area is 338 Å². The Hall–Kier alpha value is -7.40. The summed E-state index contributed by atoms with van der Waals surface area (Å²) in [4.78, 5) is 2.44. The van der Waals surface area contributed by atoms with E-state index < -0.39 is 0 Å². The number of anilines is 3. The third-order valence-corrected chi connectivity index (χ3v) is 12.7. The number of nitrogens with zero attached hydrogens (tertiary/aromatic N) is 2. The molecule has 0 N–H and O–H groups in total. The van der Waals surface area contributed by atoms with Gasteiger partial charge < -0.3 is 13.9 Å². The second kappa shape index (κ2) is 13.1. The van der Waals surface area contributed by atoms with Crippen LogP contribution >= 0.6 is 11.3 Å². The second-order valence-corrected chi connectivity index (χ2v) is 16.0. The molecule has 0 unspecified atom stereocenters. The molecule has 3 aromatic heterocycles. The molecule has 0 aliphatic heterocycles. The van der Waals surface area contributed by atoms with Crippen LogP contribution in [0.3, 0.4) is 0 Å². The second-order valence-electron chi connectivity index (χ2n) is 14.9. The summed E-state index contributed by atoms with van der Waals surface area (Å²) >= 11 is 1.85. The Bertz CT molecular complexity index is 3510. The van der Waals surface area contributed by atoms with Crippen LogP contribution in [0.4, 0.5) is 17.1 Å². The van der Waals surface area contributed by atoms with E-state index in [1.54, 1.807) is 0 Å². The number of benzene rings is 9. The summed E-state index contributed by atoms with van der Waals surface area (Å²) in [5.41, 5.74) is 12.9. The lowest BCUT2D eigenvalue weighted by atomic mass is 9.98. The number of para-hydroxylation sites is 2. The quantitative estimate of drug-likeness (QED) is 0.168. The van der Waals surface area contributed by atoms with Gasteiger partial charge in [0.15, 0.2) is 0 Å². The Kier molecular flexibility index (Phi) is 7.40. The Morgan fingerprint density at radius 3 is 1.86 bits per heavy atom. The number of hydrogen-bond acceptors (Lipinski definition) is 3. The van der Waals surface area contributed by atoms with Crippen molar-refractivity contribution in [1.29, 1.82) is 0 Å². The normalized spacial score (nSPS) is 11.8. The number of fused-ring (bicyclic) bond motifs is 9. The highest BCUT2D eigenvalue weighted by atomic mass is 32.1. The third kappa shape index (κ3) is 5.12. The molecule has 0 saturated carbocycles. The van der Waals surface area contributed by atoms with Gasteiger partial charge in [-0.25, -0.2) is 0 Å². The van der Waals surface area contributed by atoms with E-state index >= 15 is 0 Å². The van der Waals surface area contributed by atoms with Crippen molar-refractivity contribution in [2.24, 2.45) is 0 Å². The van der Waals surface area contributed by atoms with Gasteiger partial charge in [0, 0.05) is 59.0 Å². The lowest BCUT2D eigenvalue weighted by molar-refractivity contribution is 0.670. The van der Waals surface area contributed by atoms with Gasteiger partial charge in [0.2, 0.25) is 0 Å². The fourth-order valence-corrected chi connectivity index (χ4v) is 10.0. The minimum Gasteiger partial charge on any atom is -0.455 e. The molecule has 9 aromatic carbocycles. The van der Waals surface area contributed by atoms with Crippen LogP contribution < -0.4 is 4.90 Å². The van der Waals surface area contributed by atoms with Crippen LogP contribution in [0.2, 0.25) is 0 Å². The fourth-order valence-electron chi connectivity index (χ4n) is 8.94. The molecule has 0 radical (unpaired) electrons. The average molecular weight is 759 g/mol. The molecule has 12 rings (SSSR count). The maximum Gasteiger partial charge on any atom is 0.145 e. The van der Waals surface area contributed by atoms with E-state index in [4.69, 9.17) is 4.42 Å². The van der Waals surface area contributed by atoms with E-state index in [9.17, 15) is 0 Å². The van der Waals surface area contributed by atoms with Crippen LogP contribution in [0, 0.1) is 0 Å². The van der Waals surface area contributed by atoms with Crippen molar-refractivity contribution >= 4 is 92.3 Å². The standard InChI is InChI=1S/C54H34N2OS/c1-4-14-35(15-5-1)37-24-27-44-50(32-37)57-54-41(36-16-6-2-7-17-36)28-30-49(53(44)54)55(40-26-31-52-46(34-40)43-21-11-13-23-51(43)58-52)39-25-29-48-45(33-39)42-20-10-12-22-47(42)56(48)38-18-8-3-9-19-38/h1-34H. The molecule has 12 aromatic rings. The maximum absolute atomic E-state index is 7.03. The van der Waals surface area contributed by atoms with Gasteiger partial charge >= 0.3 is 0 Å². The lowest BCUT2D eigenvalue weighted by Crippen LogP contribution is -2.10. The van der Waals surface area contributed by atoms with Gasteiger partial charge in [0.1, 0.15) is 11.2 Å². The highest BCUT2D eigenvalue weighted by Crippen LogP contribution is 2.49. The van der Waals surface area contributed by atoms with Crippen LogP contribution in [0.5, 0.6) is 0 Å². The molecular weight excluding hydrogens is 725 g/mol. The summed E-state index contributed by atoms with van der Waals surface area (Å²) in [7, 11) is 0. The Balaban J connectivity index is 1.16. The van der Waals surface area contributed by atoms with Crippen molar-refractivity contribution in [1.82, 2.24) is 4.57 Å². The van der Waals surface area contributed by atoms with Gasteiger partial charge in [0.25, 0.3) is 0 Å². The van der Waals surface area contributed by atoms with Crippen molar-refractivity contribution in [2.45, 2.75) is 0 Å². The first-order chi connectivity index (χ1) is 28.8. The van der Waals surface area contributed by atoms with E-state index in [1.165, 1.54) is 42.0 Å². The predicted octanol–water partition coefficient (Wildman–Crippen LogP) is 15.9. The number of thiophene rings is 1. The zero-order valence-corrected chi connectivity index (χ0v) is 32.2. The molecular formula is C54H34N2OS. The summed E-state index contributed by atoms with van der Waals surface area (Å²) in [6.07, 6.45) is 0. The molecule has 4 heteroatoms. The summed E-state index contributed by atoms with van der Waals surface area (Å²) in [5, 5.41) is 7.11. The molecule has 0 atom stereocenters. The predicted molar refractivity (Wildman–Crippen MR) is 247 cm³/mol. The van der Waals surface area contributed by atoms with E-state index in [2.05, 4.69) is 216 Å². The molecule has 0 bridgehead atoms. The summed E-state index contributed by atoms with van der Waals surface area (Å²) < 4.78 is 12.0. The van der Waals surface area contributed by atoms with Gasteiger partial charge in [-0.2, -0.15) is 0 Å². The maximum atomic E-state index is 7.03. The van der Waals surface area contributed by atoms with Gasteiger partial charge in [-0.3, -0.25) is 0 Å². The van der Waals surface area contributed by atoms with Crippen LogP contribution in [-0.4, -0.2) is 4.57 Å². The Morgan fingerprint density at radius 1 is 0.414 bits per heavy atom. The van der Waals surface area contributed by atoms with Crippen molar-refractivity contribution in [3.63, 3.8) is 0 Å². The van der Waals surface area contributed by atoms with Crippen LogP contribution in [0.15, 0.2) is 211 Å². The molecule has 0 fully saturated rings. The van der Waals surface area contributed by atoms with Crippen LogP contribution in [0.1, 0.15) is 0 Å². The zero-order valence-electron chi connectivity index (χ0n) is 31.3. The monoisotopic (exact) mass is 758 g/mol. The average Bonchev–Trinajstić information content (AvgIpc) is 3.97. The topological polar surface area (TPSA) is 21.3 Å². The minimum atomic E-state index is 0.863. The molecule has 272 valence electrons. The van der Waals surface area contributed by atoms with E-state index in [0.717, 1.165) is 66.9 Å². The summed E-state index contributed by atoms with van der Waals surface area (Å²) in [6.45, 7) is 0. The summed E-state index contributed by atoms with van der Waals surface area (Å²) in [6, 6.07) is 74.4. The van der Waals surface area contributed by atoms with Crippen molar-refractivity contribution in [3.8, 4) is 27.9 Å². The van der Waals surface area contributed by atoms with Gasteiger partial charge in [-0.05, 0) is 102 Å². The largest absolute Gasteiger partial charge is 0.455 e. The third-order valence-electron chi connectivity index (χ3n) is 11.6. The number of aromatic nitrogens is 1. The molecule has 0 aliphatic rings. The lowest BCUT2D eigenvalue weighted by Gasteiger charge is -2.27. The molecule has 0 amide bonds. The van der Waals surface area contributed by atoms with Gasteiger partial charge in [0.05, 0.1) is 22.1 Å². The molecule has 58 heavy (non-hydrogen) atoms. The first-order valence-corrected chi connectivity index (χ1v) is 20.5. The van der Waals surface area contributed by atoms with Crippen molar-refractivity contribution < 1.29 is 4.42 Å². The number of rotatable bonds is 6. The molecule has 3 nitrogen and oxygen atoms in total. The van der Waals surface area contributed by atoms with Gasteiger partial charge in [-0.15, -0.1) is 11.3 Å². The van der Waals surface area contributed by atoms with Gasteiger partial charge in [-0.1, -0.05) is 121 Å². The van der Waals surface area contributed by atoms with Crippen LogP contribution in [0.25, 0.3) is 91.9 Å². The first-order valence-electron chi connectivity index (χ1n) is 19.7. The van der Waals surface area contributed by atoms with Crippen LogP contribution in [-0.2, 0) is 0 Å². The highest BCUT2D eigenvalue weighted by Gasteiger charge is 2.24. The molecule has 0 saturated heterocycles. The Morgan fingerprint density at radius 2 is 1.05 bits per heavy atom.